The van der Waals surface area contributed by atoms with Crippen LogP contribution in [-0.2, 0) is 0 Å². The average molecular weight is 318 g/mol. The van der Waals surface area contributed by atoms with Gasteiger partial charge in [-0.1, -0.05) is 13.3 Å². The number of carbonyl (C=O) groups is 1. The Morgan fingerprint density at radius 2 is 2.17 bits per heavy atom. The summed E-state index contributed by atoms with van der Waals surface area (Å²) in [6, 6.07) is 1.99. The van der Waals surface area contributed by atoms with Crippen molar-refractivity contribution in [1.82, 2.24) is 0 Å². The molecule has 1 aromatic rings. The van der Waals surface area contributed by atoms with Gasteiger partial charge in [-0.05, 0) is 40.9 Å². The molecule has 1 aromatic carbocycles. The van der Waals surface area contributed by atoms with Gasteiger partial charge in [0.15, 0.2) is 11.6 Å². The smallest absolute Gasteiger partial charge is 0.176 e. The summed E-state index contributed by atoms with van der Waals surface area (Å²) in [7, 11) is 0. The molecule has 0 amide bonds. The maximum Gasteiger partial charge on any atom is 0.176 e. The topological polar surface area (TPSA) is 43.1 Å². The normalized spacial score (nSPS) is 27.5. The summed E-state index contributed by atoms with van der Waals surface area (Å²) in [5, 5.41) is 0. The van der Waals surface area contributed by atoms with E-state index in [1.54, 1.807) is 6.92 Å². The summed E-state index contributed by atoms with van der Waals surface area (Å²) in [5.74, 6) is -2.22. The van der Waals surface area contributed by atoms with E-state index >= 15 is 0 Å². The van der Waals surface area contributed by atoms with Gasteiger partial charge in [-0.25, -0.2) is 8.78 Å². The molecule has 1 saturated carbocycles. The minimum atomic E-state index is -0.873. The predicted octanol–water partition coefficient (Wildman–Crippen LogP) is 3.43. The van der Waals surface area contributed by atoms with E-state index in [9.17, 15) is 13.6 Å². The van der Waals surface area contributed by atoms with Crippen LogP contribution < -0.4 is 5.73 Å². The zero-order chi connectivity index (χ0) is 13.5. The molecular formula is C13H14BrF2NO. The first-order valence-corrected chi connectivity index (χ1v) is 6.61. The second-order valence-corrected chi connectivity index (χ2v) is 5.82. The van der Waals surface area contributed by atoms with Crippen molar-refractivity contribution in [2.24, 2.45) is 11.1 Å². The van der Waals surface area contributed by atoms with Crippen molar-refractivity contribution in [1.29, 1.82) is 0 Å². The van der Waals surface area contributed by atoms with Gasteiger partial charge in [0.25, 0.3) is 0 Å². The first kappa shape index (κ1) is 13.6. The maximum atomic E-state index is 13.9. The molecule has 1 fully saturated rings. The fourth-order valence-corrected chi connectivity index (χ4v) is 2.83. The molecule has 98 valence electrons. The Morgan fingerprint density at radius 3 is 2.72 bits per heavy atom. The highest BCUT2D eigenvalue weighted by Crippen LogP contribution is 2.41. The van der Waals surface area contributed by atoms with Gasteiger partial charge in [0.2, 0.25) is 0 Å². The van der Waals surface area contributed by atoms with Gasteiger partial charge in [-0.15, -0.1) is 0 Å². The predicted molar refractivity (Wildman–Crippen MR) is 68.3 cm³/mol. The van der Waals surface area contributed by atoms with Crippen LogP contribution in [0.3, 0.4) is 0 Å². The monoisotopic (exact) mass is 317 g/mol. The average Bonchev–Trinajstić information content (AvgIpc) is 2.66. The molecule has 5 heteroatoms. The minimum absolute atomic E-state index is 0.0856. The van der Waals surface area contributed by atoms with E-state index in [1.165, 1.54) is 6.07 Å². The summed E-state index contributed by atoms with van der Waals surface area (Å²) < 4.78 is 27.7. The molecule has 2 unspecified atom stereocenters. The van der Waals surface area contributed by atoms with Crippen LogP contribution in [0.4, 0.5) is 8.78 Å². The van der Waals surface area contributed by atoms with Crippen LogP contribution in [0.2, 0.25) is 0 Å². The van der Waals surface area contributed by atoms with E-state index in [0.717, 1.165) is 12.5 Å². The van der Waals surface area contributed by atoms with E-state index in [2.05, 4.69) is 15.9 Å². The number of carbonyl (C=O) groups excluding carboxylic acids is 1. The molecular weight excluding hydrogens is 304 g/mol. The van der Waals surface area contributed by atoms with Crippen LogP contribution in [0.1, 0.15) is 36.5 Å². The quantitative estimate of drug-likeness (QED) is 0.671. The molecule has 2 rings (SSSR count). The first-order chi connectivity index (χ1) is 8.38. The number of nitrogens with two attached hydrogens (primary N) is 1. The third-order valence-corrected chi connectivity index (χ3v) is 4.43. The Hall–Kier alpha value is -0.810. The molecule has 0 radical (unpaired) electrons. The highest BCUT2D eigenvalue weighted by molar-refractivity contribution is 9.10. The zero-order valence-electron chi connectivity index (χ0n) is 9.97. The van der Waals surface area contributed by atoms with E-state index in [4.69, 9.17) is 5.73 Å². The highest BCUT2D eigenvalue weighted by atomic mass is 79.9. The first-order valence-electron chi connectivity index (χ1n) is 5.82. The largest absolute Gasteiger partial charge is 0.327 e. The number of benzene rings is 1. The third-order valence-electron chi connectivity index (χ3n) is 3.82. The summed E-state index contributed by atoms with van der Waals surface area (Å²) in [5.41, 5.74) is 4.56. The summed E-state index contributed by atoms with van der Waals surface area (Å²) >= 11 is 2.96. The summed E-state index contributed by atoms with van der Waals surface area (Å²) in [4.78, 5) is 12.4. The number of rotatable bonds is 2. The lowest BCUT2D eigenvalue weighted by Gasteiger charge is -2.27. The molecule has 2 nitrogen and oxygen atoms in total. The second-order valence-electron chi connectivity index (χ2n) is 4.96. The van der Waals surface area contributed by atoms with Crippen molar-refractivity contribution in [3.05, 3.63) is 33.8 Å². The van der Waals surface area contributed by atoms with E-state index in [-0.39, 0.29) is 10.5 Å². The molecule has 0 heterocycles. The van der Waals surface area contributed by atoms with Gasteiger partial charge in [0.1, 0.15) is 5.82 Å². The molecule has 0 aromatic heterocycles. The van der Waals surface area contributed by atoms with Gasteiger partial charge in [-0.3, -0.25) is 4.79 Å². The Kier molecular flexibility index (Phi) is 3.56. The number of Topliss-reactive ketones (excluding diaryl/α,β-unsaturated/α-hetero) is 1. The standard InChI is InChI=1S/C13H14BrF2NO/c1-13(6-2-3-9(13)17)12(18)10-8(15)5-4-7(14)11(10)16/h4-5,9H,2-3,6,17H2,1H3. The van der Waals surface area contributed by atoms with Crippen LogP contribution in [-0.4, -0.2) is 11.8 Å². The fraction of sp³-hybridized carbons (Fsp3) is 0.462. The fourth-order valence-electron chi connectivity index (χ4n) is 2.50. The number of hydrogen-bond donors (Lipinski definition) is 1. The van der Waals surface area contributed by atoms with Crippen LogP contribution in [0.25, 0.3) is 0 Å². The molecule has 0 spiro atoms. The van der Waals surface area contributed by atoms with Crippen LogP contribution >= 0.6 is 15.9 Å². The highest BCUT2D eigenvalue weighted by Gasteiger charge is 2.45. The number of ketones is 1. The lowest BCUT2D eigenvalue weighted by atomic mass is 9.78. The molecule has 1 aliphatic carbocycles. The molecule has 1 aliphatic rings. The van der Waals surface area contributed by atoms with Crippen LogP contribution in [0.5, 0.6) is 0 Å². The lowest BCUT2D eigenvalue weighted by molar-refractivity contribution is 0.0793. The zero-order valence-corrected chi connectivity index (χ0v) is 11.6. The van der Waals surface area contributed by atoms with Gasteiger partial charge in [0, 0.05) is 11.5 Å². The molecule has 0 aliphatic heterocycles. The van der Waals surface area contributed by atoms with Crippen molar-refractivity contribution in [3.8, 4) is 0 Å². The Bertz CT molecular complexity index is 506. The number of halogens is 3. The van der Waals surface area contributed by atoms with Crippen LogP contribution in [0, 0.1) is 17.0 Å². The molecule has 2 atom stereocenters. The van der Waals surface area contributed by atoms with Gasteiger partial charge in [-0.2, -0.15) is 0 Å². The third kappa shape index (κ3) is 1.99. The van der Waals surface area contributed by atoms with E-state index in [1.807, 2.05) is 0 Å². The second kappa shape index (κ2) is 4.70. The molecule has 0 bridgehead atoms. The van der Waals surface area contributed by atoms with Crippen molar-refractivity contribution in [3.63, 3.8) is 0 Å². The van der Waals surface area contributed by atoms with Crippen molar-refractivity contribution in [2.75, 3.05) is 0 Å². The maximum absolute atomic E-state index is 13.9. The minimum Gasteiger partial charge on any atom is -0.327 e. The SMILES string of the molecule is CC1(C(=O)c2c(F)ccc(Br)c2F)CCCC1N. The van der Waals surface area contributed by atoms with Gasteiger partial charge >= 0.3 is 0 Å². The van der Waals surface area contributed by atoms with E-state index in [0.29, 0.717) is 12.8 Å². The van der Waals surface area contributed by atoms with Gasteiger partial charge in [0.05, 0.1) is 10.0 Å². The van der Waals surface area contributed by atoms with Crippen LogP contribution in [0.15, 0.2) is 16.6 Å². The summed E-state index contributed by atoms with van der Waals surface area (Å²) in [6.45, 7) is 1.69. The van der Waals surface area contributed by atoms with Crippen molar-refractivity contribution in [2.45, 2.75) is 32.2 Å². The molecule has 0 saturated heterocycles. The Labute approximate surface area is 113 Å². The van der Waals surface area contributed by atoms with E-state index < -0.39 is 28.4 Å². The Balaban J connectivity index is 2.50. The Morgan fingerprint density at radius 1 is 1.50 bits per heavy atom. The number of hydrogen-bond acceptors (Lipinski definition) is 2. The lowest BCUT2D eigenvalue weighted by Crippen LogP contribution is -2.41. The molecule has 2 N–H and O–H groups in total. The van der Waals surface area contributed by atoms with Crippen molar-refractivity contribution < 1.29 is 13.6 Å². The molecule has 18 heavy (non-hydrogen) atoms. The van der Waals surface area contributed by atoms with Crippen molar-refractivity contribution >= 4 is 21.7 Å². The summed E-state index contributed by atoms with van der Waals surface area (Å²) in [6.07, 6.45) is 2.08. The van der Waals surface area contributed by atoms with Gasteiger partial charge < -0.3 is 5.73 Å².